The van der Waals surface area contributed by atoms with Gasteiger partial charge in [-0.15, -0.1) is 19.7 Å². The van der Waals surface area contributed by atoms with Crippen molar-refractivity contribution in [2.24, 2.45) is 0 Å². The van der Waals surface area contributed by atoms with Gasteiger partial charge in [0.15, 0.2) is 0 Å². The smallest absolute Gasteiger partial charge is 0.256 e. The van der Waals surface area contributed by atoms with Crippen LogP contribution in [0.5, 0.6) is 0 Å². The molecule has 6 rings (SSSR count). The molecule has 3 unspecified atom stereocenters. The molecular formula is C33H28N3OsP. The molecule has 0 amide bonds. The Balaban J connectivity index is 0.00000294. The van der Waals surface area contributed by atoms with Crippen molar-refractivity contribution in [3.05, 3.63) is 161 Å². The van der Waals surface area contributed by atoms with Crippen LogP contribution < -0.4 is 0 Å². The van der Waals surface area contributed by atoms with E-state index in [-0.39, 0.29) is 37.5 Å². The topological polar surface area (TPSA) is 38.7 Å². The van der Waals surface area contributed by atoms with Gasteiger partial charge >= 0.3 is 19.8 Å². The summed E-state index contributed by atoms with van der Waals surface area (Å²) in [6, 6.07) is 42.4. The first-order chi connectivity index (χ1) is 18.3. The number of nitrogens with zero attached hydrogens (tertiary/aromatic N) is 3. The molecule has 6 bridgehead atoms. The van der Waals surface area contributed by atoms with E-state index in [1.165, 1.54) is 0 Å². The van der Waals surface area contributed by atoms with Gasteiger partial charge in [-0.05, 0) is 55.6 Å². The van der Waals surface area contributed by atoms with E-state index < -0.39 is 0 Å². The van der Waals surface area contributed by atoms with Crippen molar-refractivity contribution in [1.82, 2.24) is 15.0 Å². The normalized spacial score (nSPS) is 18.3. The first-order valence-electron chi connectivity index (χ1n) is 12.8. The minimum Gasteiger partial charge on any atom is -0.256 e. The van der Waals surface area contributed by atoms with Crippen molar-refractivity contribution in [3.63, 3.8) is 0 Å². The predicted molar refractivity (Wildman–Crippen MR) is 151 cm³/mol. The van der Waals surface area contributed by atoms with Crippen LogP contribution in [-0.2, 0) is 19.8 Å². The van der Waals surface area contributed by atoms with Crippen LogP contribution in [0.4, 0.5) is 0 Å². The van der Waals surface area contributed by atoms with Crippen LogP contribution in [0.3, 0.4) is 0 Å². The molecule has 3 atom stereocenters. The minimum absolute atomic E-state index is 0. The Labute approximate surface area is 240 Å². The number of aromatic nitrogens is 3. The zero-order valence-electron chi connectivity index (χ0n) is 21.2. The summed E-state index contributed by atoms with van der Waals surface area (Å²) in [5, 5.41) is 0. The Morgan fingerprint density at radius 3 is 1.39 bits per heavy atom. The summed E-state index contributed by atoms with van der Waals surface area (Å²) in [5.74, 6) is -0.0826. The van der Waals surface area contributed by atoms with E-state index >= 15 is 0 Å². The number of fused-ring (bicyclic) bond motifs is 6. The second-order valence-corrected chi connectivity index (χ2v) is 10.6. The monoisotopic (exact) mass is 689 g/mol. The van der Waals surface area contributed by atoms with Crippen molar-refractivity contribution in [1.29, 1.82) is 0 Å². The Morgan fingerprint density at radius 2 is 1.00 bits per heavy atom. The van der Waals surface area contributed by atoms with Gasteiger partial charge in [0.1, 0.15) is 0 Å². The molecule has 0 spiro atoms. The van der Waals surface area contributed by atoms with E-state index in [0.29, 0.717) is 0 Å². The number of rotatable bonds is 5. The molecule has 4 heterocycles. The maximum Gasteiger partial charge on any atom is 2.00 e. The van der Waals surface area contributed by atoms with E-state index in [1.54, 1.807) is 0 Å². The van der Waals surface area contributed by atoms with Gasteiger partial charge in [0.05, 0.1) is 22.8 Å². The Hall–Kier alpha value is -3.04. The first-order valence-corrected chi connectivity index (χ1v) is 14.5. The van der Waals surface area contributed by atoms with E-state index in [9.17, 15) is 0 Å². The quantitative estimate of drug-likeness (QED) is 0.148. The fourth-order valence-electron chi connectivity index (χ4n) is 5.29. The van der Waals surface area contributed by atoms with Crippen molar-refractivity contribution < 1.29 is 19.8 Å². The largest absolute Gasteiger partial charge is 2.00 e. The summed E-state index contributed by atoms with van der Waals surface area (Å²) >= 11 is 0. The third-order valence-corrected chi connectivity index (χ3v) is 7.83. The van der Waals surface area contributed by atoms with Gasteiger partial charge < -0.3 is 0 Å². The molecule has 3 nitrogen and oxygen atoms in total. The summed E-state index contributed by atoms with van der Waals surface area (Å²) in [7, 11) is 0.890. The van der Waals surface area contributed by atoms with E-state index in [2.05, 4.69) is 97.7 Å². The van der Waals surface area contributed by atoms with E-state index in [1.807, 2.05) is 24.3 Å². The Kier molecular flexibility index (Phi) is 8.53. The number of benzene rings is 2. The molecule has 188 valence electrons. The second kappa shape index (κ2) is 12.2. The van der Waals surface area contributed by atoms with Crippen LogP contribution in [0.2, 0.25) is 0 Å². The third kappa shape index (κ3) is 5.40. The van der Waals surface area contributed by atoms with Crippen molar-refractivity contribution >= 4 is 8.58 Å². The molecule has 0 saturated carbocycles. The van der Waals surface area contributed by atoms with Gasteiger partial charge in [-0.2, -0.15) is 60.7 Å². The molecule has 0 N–H and O–H groups in total. The van der Waals surface area contributed by atoms with Crippen LogP contribution in [0.1, 0.15) is 69.5 Å². The summed E-state index contributed by atoms with van der Waals surface area (Å²) in [4.78, 5) is 15.8. The van der Waals surface area contributed by atoms with Crippen LogP contribution in [-0.4, -0.2) is 27.8 Å². The molecule has 38 heavy (non-hydrogen) atoms. The SMILES string of the molecule is CPCCC1c2cccc(n2)C(c2[c-]cccc2)c2cccc(n2)C(c2[c-]cccc2)c2cccc1n2.[Os+2]. The minimum atomic E-state index is -0.110. The molecule has 2 aromatic carbocycles. The van der Waals surface area contributed by atoms with Crippen molar-refractivity contribution in [3.8, 4) is 0 Å². The van der Waals surface area contributed by atoms with E-state index in [0.717, 1.165) is 66.5 Å². The average Bonchev–Trinajstić information content (AvgIpc) is 2.95. The maximum atomic E-state index is 5.28. The fourth-order valence-corrected chi connectivity index (χ4v) is 5.87. The first kappa shape index (κ1) is 26.6. The molecule has 0 fully saturated rings. The number of hydrogen-bond acceptors (Lipinski definition) is 3. The van der Waals surface area contributed by atoms with Gasteiger partial charge in [0, 0.05) is 29.1 Å². The molecule has 0 radical (unpaired) electrons. The van der Waals surface area contributed by atoms with Crippen molar-refractivity contribution in [2.45, 2.75) is 24.2 Å². The summed E-state index contributed by atoms with van der Waals surface area (Å²) < 4.78 is 0. The van der Waals surface area contributed by atoms with Gasteiger partial charge in [-0.3, -0.25) is 15.0 Å². The Bertz CT molecular complexity index is 1390. The molecule has 5 heteroatoms. The van der Waals surface area contributed by atoms with Gasteiger partial charge in [-0.1, -0.05) is 18.2 Å². The zero-order valence-corrected chi connectivity index (χ0v) is 24.7. The fraction of sp³-hybridized carbons (Fsp3) is 0.182. The van der Waals surface area contributed by atoms with Gasteiger partial charge in [-0.25, -0.2) is 0 Å². The number of hydrogen-bond donors (Lipinski definition) is 0. The second-order valence-electron chi connectivity index (χ2n) is 9.41. The van der Waals surface area contributed by atoms with Gasteiger partial charge in [0.25, 0.3) is 0 Å². The summed E-state index contributed by atoms with van der Waals surface area (Å²) in [6.07, 6.45) is 2.17. The zero-order chi connectivity index (χ0) is 25.0. The van der Waals surface area contributed by atoms with Crippen molar-refractivity contribution in [2.75, 3.05) is 12.8 Å². The molecule has 5 aromatic rings. The standard InChI is InChI=1S/C33H28N3P.Os/c1-37-22-21-25-26-15-8-17-28(34-26)32(23-11-4-2-5-12-23)30-19-10-20-31(36-30)33(24-13-6-3-7-14-24)29-18-9-16-27(25)35-29;/h2-11,13,15-20,25,32-33,37H,21-22H2,1H3;/q-2;+2. The average molecular weight is 688 g/mol. The Morgan fingerprint density at radius 1 is 0.579 bits per heavy atom. The maximum absolute atomic E-state index is 5.28. The molecule has 0 saturated heterocycles. The van der Waals surface area contributed by atoms with Crippen LogP contribution in [0, 0.1) is 12.1 Å². The summed E-state index contributed by atoms with van der Waals surface area (Å²) in [5.41, 5.74) is 8.20. The predicted octanol–water partition coefficient (Wildman–Crippen LogP) is 6.97. The van der Waals surface area contributed by atoms with Crippen LogP contribution in [0.15, 0.2) is 103 Å². The molecule has 3 aromatic heterocycles. The van der Waals surface area contributed by atoms with Gasteiger partial charge in [0.2, 0.25) is 0 Å². The molecule has 1 aliphatic heterocycles. The molecule has 0 aliphatic carbocycles. The van der Waals surface area contributed by atoms with Crippen LogP contribution in [0.25, 0.3) is 0 Å². The molecule has 1 aliphatic rings. The van der Waals surface area contributed by atoms with Crippen LogP contribution >= 0.6 is 8.58 Å². The van der Waals surface area contributed by atoms with E-state index in [4.69, 9.17) is 15.0 Å². The third-order valence-electron chi connectivity index (χ3n) is 7.04. The number of pyridine rings is 3. The molecular weight excluding hydrogens is 660 g/mol. The summed E-state index contributed by atoms with van der Waals surface area (Å²) in [6.45, 7) is 2.27.